The number of nitrogens with one attached hydrogen (secondary N) is 1. The number of nitro groups is 1. The number of aliphatic carboxylic acids is 1. The van der Waals surface area contributed by atoms with E-state index in [1.807, 2.05) is 0 Å². The zero-order valence-corrected chi connectivity index (χ0v) is 10.8. The highest BCUT2D eigenvalue weighted by molar-refractivity contribution is 7.99. The number of thioether (sulfide) groups is 1. The van der Waals surface area contributed by atoms with Gasteiger partial charge in [-0.15, -0.1) is 11.8 Å². The van der Waals surface area contributed by atoms with Crippen molar-refractivity contribution in [2.45, 2.75) is 17.9 Å². The molecule has 0 aliphatic heterocycles. The first kappa shape index (κ1) is 15.0. The van der Waals surface area contributed by atoms with Crippen molar-refractivity contribution in [3.8, 4) is 0 Å². The minimum Gasteiger partial charge on any atom is -0.480 e. The maximum absolute atomic E-state index is 10.9. The fraction of sp³-hybridized carbons (Fsp3) is 0.273. The van der Waals surface area contributed by atoms with Crippen molar-refractivity contribution in [2.75, 3.05) is 5.75 Å². The fourth-order valence-electron chi connectivity index (χ4n) is 1.29. The lowest BCUT2D eigenvalue weighted by molar-refractivity contribution is -0.385. The summed E-state index contributed by atoms with van der Waals surface area (Å²) < 4.78 is 0. The highest BCUT2D eigenvalue weighted by Gasteiger charge is 2.18. The molecule has 0 bridgehead atoms. The van der Waals surface area contributed by atoms with E-state index in [1.165, 1.54) is 25.1 Å². The number of carbonyl (C=O) groups is 2. The molecule has 19 heavy (non-hydrogen) atoms. The summed E-state index contributed by atoms with van der Waals surface area (Å²) in [7, 11) is 0. The van der Waals surface area contributed by atoms with Crippen LogP contribution in [0.15, 0.2) is 29.2 Å². The number of carboxylic acids is 1. The van der Waals surface area contributed by atoms with Gasteiger partial charge in [-0.1, -0.05) is 6.07 Å². The van der Waals surface area contributed by atoms with Gasteiger partial charge in [-0.05, 0) is 6.07 Å². The van der Waals surface area contributed by atoms with E-state index in [0.29, 0.717) is 4.90 Å². The van der Waals surface area contributed by atoms with Crippen LogP contribution in [-0.4, -0.2) is 33.7 Å². The lowest BCUT2D eigenvalue weighted by Crippen LogP contribution is -2.41. The van der Waals surface area contributed by atoms with Crippen molar-refractivity contribution in [1.82, 2.24) is 5.32 Å². The molecular weight excluding hydrogens is 272 g/mol. The van der Waals surface area contributed by atoms with Gasteiger partial charge in [0, 0.05) is 29.7 Å². The number of hydrogen-bond donors (Lipinski definition) is 2. The van der Waals surface area contributed by atoms with Crippen LogP contribution in [0.1, 0.15) is 6.92 Å². The zero-order chi connectivity index (χ0) is 14.4. The van der Waals surface area contributed by atoms with E-state index in [2.05, 4.69) is 5.32 Å². The average Bonchev–Trinajstić information content (AvgIpc) is 2.34. The Labute approximate surface area is 113 Å². The standard InChI is InChI=1S/C11H12N2O5S/c1-7(14)12-10(11(15)16)6-19-9-4-2-3-8(5-9)13(17)18/h2-5,10H,6H2,1H3,(H,12,14)(H,15,16). The highest BCUT2D eigenvalue weighted by atomic mass is 32.2. The molecule has 0 saturated carbocycles. The second-order valence-corrected chi connectivity index (χ2v) is 4.75. The number of benzene rings is 1. The van der Waals surface area contributed by atoms with E-state index in [1.54, 1.807) is 6.07 Å². The second kappa shape index (κ2) is 6.74. The highest BCUT2D eigenvalue weighted by Crippen LogP contribution is 2.23. The van der Waals surface area contributed by atoms with E-state index >= 15 is 0 Å². The Morgan fingerprint density at radius 2 is 2.21 bits per heavy atom. The van der Waals surface area contributed by atoms with Gasteiger partial charge in [0.1, 0.15) is 6.04 Å². The van der Waals surface area contributed by atoms with Gasteiger partial charge in [0.25, 0.3) is 5.69 Å². The average molecular weight is 284 g/mol. The van der Waals surface area contributed by atoms with Crippen LogP contribution in [0.3, 0.4) is 0 Å². The molecule has 1 aromatic rings. The van der Waals surface area contributed by atoms with E-state index in [-0.39, 0.29) is 11.4 Å². The first-order chi connectivity index (χ1) is 8.90. The van der Waals surface area contributed by atoms with Gasteiger partial charge in [-0.25, -0.2) is 4.79 Å². The number of amides is 1. The lowest BCUT2D eigenvalue weighted by Gasteiger charge is -2.12. The van der Waals surface area contributed by atoms with Gasteiger partial charge < -0.3 is 10.4 Å². The van der Waals surface area contributed by atoms with Crippen molar-refractivity contribution >= 4 is 29.3 Å². The van der Waals surface area contributed by atoms with Crippen LogP contribution >= 0.6 is 11.8 Å². The number of nitrogens with zero attached hydrogens (tertiary/aromatic N) is 1. The Balaban J connectivity index is 2.68. The Morgan fingerprint density at radius 1 is 1.53 bits per heavy atom. The van der Waals surface area contributed by atoms with Crippen molar-refractivity contribution in [2.24, 2.45) is 0 Å². The molecule has 1 rings (SSSR count). The van der Waals surface area contributed by atoms with Crippen LogP contribution in [-0.2, 0) is 9.59 Å². The van der Waals surface area contributed by atoms with E-state index < -0.39 is 22.8 Å². The van der Waals surface area contributed by atoms with Gasteiger partial charge in [-0.2, -0.15) is 0 Å². The number of rotatable bonds is 6. The smallest absolute Gasteiger partial charge is 0.327 e. The van der Waals surface area contributed by atoms with Crippen LogP contribution in [0.5, 0.6) is 0 Å². The van der Waals surface area contributed by atoms with Gasteiger partial charge >= 0.3 is 5.97 Å². The summed E-state index contributed by atoms with van der Waals surface area (Å²) in [6, 6.07) is 4.85. The van der Waals surface area contributed by atoms with Crippen LogP contribution < -0.4 is 5.32 Å². The number of carboxylic acid groups (broad SMARTS) is 1. The van der Waals surface area contributed by atoms with Crippen LogP contribution in [0.4, 0.5) is 5.69 Å². The van der Waals surface area contributed by atoms with Crippen molar-refractivity contribution < 1.29 is 19.6 Å². The first-order valence-electron chi connectivity index (χ1n) is 5.27. The maximum Gasteiger partial charge on any atom is 0.327 e. The predicted octanol–water partition coefficient (Wildman–Crippen LogP) is 1.28. The summed E-state index contributed by atoms with van der Waals surface area (Å²) in [6.45, 7) is 1.23. The zero-order valence-electron chi connectivity index (χ0n) is 10.0. The molecule has 102 valence electrons. The Hall–Kier alpha value is -2.09. The van der Waals surface area contributed by atoms with Gasteiger partial charge in [0.15, 0.2) is 0 Å². The molecule has 0 radical (unpaired) electrons. The van der Waals surface area contributed by atoms with Crippen LogP contribution in [0, 0.1) is 10.1 Å². The number of carbonyl (C=O) groups excluding carboxylic acids is 1. The van der Waals surface area contributed by atoms with Crippen molar-refractivity contribution in [3.63, 3.8) is 0 Å². The molecule has 1 atom stereocenters. The summed E-state index contributed by atoms with van der Waals surface area (Å²) in [5.74, 6) is -1.49. The minimum absolute atomic E-state index is 0.0589. The molecular formula is C11H12N2O5S. The summed E-state index contributed by atoms with van der Waals surface area (Å²) >= 11 is 1.13. The number of nitro benzene ring substituents is 1. The largest absolute Gasteiger partial charge is 0.480 e. The minimum atomic E-state index is -1.15. The number of non-ortho nitro benzene ring substituents is 1. The summed E-state index contributed by atoms with van der Waals surface area (Å²) in [5.41, 5.74) is -0.0589. The van der Waals surface area contributed by atoms with Crippen LogP contribution in [0.2, 0.25) is 0 Å². The monoisotopic (exact) mass is 284 g/mol. The third-order valence-electron chi connectivity index (χ3n) is 2.12. The predicted molar refractivity (Wildman–Crippen MR) is 69.1 cm³/mol. The number of hydrogen-bond acceptors (Lipinski definition) is 5. The molecule has 0 saturated heterocycles. The van der Waals surface area contributed by atoms with Gasteiger partial charge in [-0.3, -0.25) is 14.9 Å². The fourth-order valence-corrected chi connectivity index (χ4v) is 2.25. The quantitative estimate of drug-likeness (QED) is 0.462. The van der Waals surface area contributed by atoms with E-state index in [9.17, 15) is 19.7 Å². The molecule has 0 aliphatic carbocycles. The Morgan fingerprint density at radius 3 is 2.74 bits per heavy atom. The van der Waals surface area contributed by atoms with Gasteiger partial charge in [0.05, 0.1) is 4.92 Å². The second-order valence-electron chi connectivity index (χ2n) is 3.66. The van der Waals surface area contributed by atoms with E-state index in [0.717, 1.165) is 11.8 Å². The Bertz CT molecular complexity index is 506. The molecule has 7 nitrogen and oxygen atoms in total. The topological polar surface area (TPSA) is 110 Å². The molecule has 0 fully saturated rings. The molecule has 0 aliphatic rings. The first-order valence-corrected chi connectivity index (χ1v) is 6.26. The maximum atomic E-state index is 10.9. The van der Waals surface area contributed by atoms with E-state index in [4.69, 9.17) is 5.11 Å². The molecule has 0 aromatic heterocycles. The van der Waals surface area contributed by atoms with Crippen LogP contribution in [0.25, 0.3) is 0 Å². The SMILES string of the molecule is CC(=O)NC(CSc1cccc([N+](=O)[O-])c1)C(=O)O. The van der Waals surface area contributed by atoms with Crippen molar-refractivity contribution in [1.29, 1.82) is 0 Å². The third kappa shape index (κ3) is 4.96. The molecule has 2 N–H and O–H groups in total. The van der Waals surface area contributed by atoms with Crippen molar-refractivity contribution in [3.05, 3.63) is 34.4 Å². The normalized spacial score (nSPS) is 11.6. The molecule has 1 aromatic carbocycles. The molecule has 1 unspecified atom stereocenters. The molecule has 0 spiro atoms. The van der Waals surface area contributed by atoms with Gasteiger partial charge in [0.2, 0.25) is 5.91 Å². The molecule has 8 heteroatoms. The molecule has 0 heterocycles. The molecule has 1 amide bonds. The Kier molecular flexibility index (Phi) is 5.31. The summed E-state index contributed by atoms with van der Waals surface area (Å²) in [5, 5.41) is 21.8. The summed E-state index contributed by atoms with van der Waals surface area (Å²) in [6.07, 6.45) is 0. The lowest BCUT2D eigenvalue weighted by atomic mass is 10.3. The third-order valence-corrected chi connectivity index (χ3v) is 3.21. The summed E-state index contributed by atoms with van der Waals surface area (Å²) in [4.78, 5) is 32.4.